The van der Waals surface area contributed by atoms with E-state index in [-0.39, 0.29) is 19.8 Å². The highest BCUT2D eigenvalue weighted by atomic mass is 31.2. The monoisotopic (exact) mass is 326 g/mol. The summed E-state index contributed by atoms with van der Waals surface area (Å²) in [6.45, 7) is 4.43. The molecule has 5 nitrogen and oxygen atoms in total. The second-order valence-electron chi connectivity index (χ2n) is 5.36. The molecule has 0 N–H and O–H groups in total. The molecule has 2 aliphatic rings. The van der Waals surface area contributed by atoms with Gasteiger partial charge in [0.05, 0.1) is 31.7 Å². The van der Waals surface area contributed by atoms with Gasteiger partial charge in [-0.25, -0.2) is 0 Å². The smallest absolute Gasteiger partial charge is 0.399 e. The predicted molar refractivity (Wildman–Crippen MR) is 71.1 cm³/mol. The lowest BCUT2D eigenvalue weighted by Gasteiger charge is -2.26. The lowest BCUT2D eigenvalue weighted by Crippen LogP contribution is -2.26. The Kier molecular flexibility index (Phi) is 4.49. The molecule has 2 saturated carbocycles. The van der Waals surface area contributed by atoms with Gasteiger partial charge in [0.25, 0.3) is 0 Å². The Balaban J connectivity index is 2.23. The molecule has 0 aromatic rings. The second kappa shape index (κ2) is 5.60. The lowest BCUT2D eigenvalue weighted by molar-refractivity contribution is -0.146. The number of halogens is 2. The zero-order valence-electron chi connectivity index (χ0n) is 12.4. The van der Waals surface area contributed by atoms with E-state index in [9.17, 15) is 18.1 Å². The Morgan fingerprint density at radius 1 is 1.19 bits per heavy atom. The number of alkyl halides is 2. The maximum atomic E-state index is 14.7. The van der Waals surface area contributed by atoms with Crippen molar-refractivity contribution in [1.82, 2.24) is 0 Å². The van der Waals surface area contributed by atoms with Crippen LogP contribution >= 0.6 is 7.60 Å². The third kappa shape index (κ3) is 2.53. The fraction of sp³-hybridized carbons (Fsp3) is 0.923. The number of rotatable bonds is 8. The topological polar surface area (TPSA) is 61.8 Å². The summed E-state index contributed by atoms with van der Waals surface area (Å²) in [6, 6.07) is 0. The van der Waals surface area contributed by atoms with Crippen LogP contribution in [0.4, 0.5) is 8.78 Å². The zero-order valence-corrected chi connectivity index (χ0v) is 13.3. The molecule has 0 aromatic carbocycles. The van der Waals surface area contributed by atoms with Gasteiger partial charge >= 0.3 is 19.2 Å². The average molecular weight is 326 g/mol. The summed E-state index contributed by atoms with van der Waals surface area (Å²) in [6.07, 6.45) is 1.05. The minimum Gasteiger partial charge on any atom is -0.466 e. The van der Waals surface area contributed by atoms with Gasteiger partial charge in [0, 0.05) is 0 Å². The van der Waals surface area contributed by atoms with Gasteiger partial charge in [0.2, 0.25) is 0 Å². The fourth-order valence-corrected chi connectivity index (χ4v) is 4.97. The first-order chi connectivity index (χ1) is 9.80. The second-order valence-corrected chi connectivity index (χ2v) is 7.47. The first kappa shape index (κ1) is 16.8. The van der Waals surface area contributed by atoms with E-state index in [0.717, 1.165) is 0 Å². The molecule has 8 heteroatoms. The van der Waals surface area contributed by atoms with Gasteiger partial charge in [0.1, 0.15) is 0 Å². The van der Waals surface area contributed by atoms with Crippen molar-refractivity contribution in [3.63, 3.8) is 0 Å². The molecule has 0 aliphatic heterocycles. The van der Waals surface area contributed by atoms with E-state index in [1.807, 2.05) is 0 Å². The molecule has 0 amide bonds. The summed E-state index contributed by atoms with van der Waals surface area (Å²) in [5.74, 6) is -2.85. The van der Waals surface area contributed by atoms with E-state index in [0.29, 0.717) is 12.8 Å². The maximum absolute atomic E-state index is 14.7. The van der Waals surface area contributed by atoms with E-state index >= 15 is 0 Å². The maximum Gasteiger partial charge on any atom is 0.399 e. The molecule has 2 fully saturated rings. The van der Waals surface area contributed by atoms with Crippen molar-refractivity contribution in [2.75, 3.05) is 19.8 Å². The molecule has 2 aliphatic carbocycles. The molecular formula is C13H21F2O5P. The average Bonchev–Trinajstić information content (AvgIpc) is 3.29. The Bertz CT molecular complexity index is 453. The Labute approximate surface area is 122 Å². The van der Waals surface area contributed by atoms with Crippen molar-refractivity contribution in [3.05, 3.63) is 0 Å². The van der Waals surface area contributed by atoms with Crippen molar-refractivity contribution in [1.29, 1.82) is 0 Å². The third-order valence-corrected chi connectivity index (χ3v) is 6.37. The molecular weight excluding hydrogens is 305 g/mol. The van der Waals surface area contributed by atoms with E-state index in [1.165, 1.54) is 13.8 Å². The van der Waals surface area contributed by atoms with Crippen LogP contribution in [0.15, 0.2) is 0 Å². The van der Waals surface area contributed by atoms with Crippen LogP contribution < -0.4 is 0 Å². The number of esters is 1. The molecule has 2 rings (SSSR count). The molecule has 122 valence electrons. The highest BCUT2D eigenvalue weighted by molar-refractivity contribution is 7.55. The Morgan fingerprint density at radius 3 is 2.10 bits per heavy atom. The van der Waals surface area contributed by atoms with Crippen LogP contribution in [0.25, 0.3) is 0 Å². The molecule has 1 spiro atoms. The molecule has 0 bridgehead atoms. The van der Waals surface area contributed by atoms with Crippen LogP contribution in [-0.4, -0.2) is 31.5 Å². The zero-order chi connectivity index (χ0) is 15.9. The Morgan fingerprint density at radius 2 is 1.71 bits per heavy atom. The number of hydrogen-bond donors (Lipinski definition) is 0. The van der Waals surface area contributed by atoms with Crippen LogP contribution in [0, 0.1) is 17.3 Å². The molecule has 0 radical (unpaired) electrons. The quantitative estimate of drug-likeness (QED) is 0.505. The summed E-state index contributed by atoms with van der Waals surface area (Å²) in [5.41, 5.74) is -4.44. The summed E-state index contributed by atoms with van der Waals surface area (Å²) in [5, 5.41) is 0. The van der Waals surface area contributed by atoms with Gasteiger partial charge in [-0.15, -0.1) is 0 Å². The van der Waals surface area contributed by atoms with E-state index in [2.05, 4.69) is 0 Å². The largest absolute Gasteiger partial charge is 0.466 e. The van der Waals surface area contributed by atoms with Gasteiger partial charge in [-0.05, 0) is 39.0 Å². The van der Waals surface area contributed by atoms with Crippen LogP contribution in [0.1, 0.15) is 33.6 Å². The molecule has 0 saturated heterocycles. The Hall–Kier alpha value is -0.520. The van der Waals surface area contributed by atoms with Gasteiger partial charge in [-0.2, -0.15) is 8.78 Å². The minimum absolute atomic E-state index is 0.137. The molecule has 0 aromatic heterocycles. The van der Waals surface area contributed by atoms with Crippen molar-refractivity contribution >= 4 is 13.6 Å². The van der Waals surface area contributed by atoms with E-state index < -0.39 is 36.5 Å². The summed E-state index contributed by atoms with van der Waals surface area (Å²) >= 11 is 0. The highest BCUT2D eigenvalue weighted by Gasteiger charge is 2.86. The number of ether oxygens (including phenoxy) is 1. The highest BCUT2D eigenvalue weighted by Crippen LogP contribution is 2.84. The first-order valence-electron chi connectivity index (χ1n) is 7.24. The van der Waals surface area contributed by atoms with Gasteiger partial charge in [-0.3, -0.25) is 9.36 Å². The molecule has 2 atom stereocenters. The van der Waals surface area contributed by atoms with Crippen LogP contribution in [0.2, 0.25) is 0 Å². The number of hydrogen-bond acceptors (Lipinski definition) is 5. The van der Waals surface area contributed by atoms with Gasteiger partial charge in [0.15, 0.2) is 0 Å². The summed E-state index contributed by atoms with van der Waals surface area (Å²) in [4.78, 5) is 11.8. The van der Waals surface area contributed by atoms with Crippen molar-refractivity contribution in [2.24, 2.45) is 17.3 Å². The predicted octanol–water partition coefficient (Wildman–Crippen LogP) is 3.43. The first-order valence-corrected chi connectivity index (χ1v) is 8.78. The van der Waals surface area contributed by atoms with Gasteiger partial charge < -0.3 is 13.8 Å². The standard InChI is InChI=1S/C13H21F2O5P/c1-4-18-11(16)9-10(12(9)7-8-12)13(14,15)21(17,19-5-2)20-6-3/h9-10H,4-8H2,1-3H3/t9-,10+/m1/s1. The normalized spacial score (nSPS) is 26.7. The van der Waals surface area contributed by atoms with Crippen LogP contribution in [0.5, 0.6) is 0 Å². The SMILES string of the molecule is CCOC(=O)[C@H]1[C@H](C(F)(F)P(=O)(OCC)OCC)C12CC2. The van der Waals surface area contributed by atoms with Crippen molar-refractivity contribution in [3.8, 4) is 0 Å². The lowest BCUT2D eigenvalue weighted by atomic mass is 10.3. The van der Waals surface area contributed by atoms with E-state index in [1.54, 1.807) is 6.92 Å². The number of carbonyl (C=O) groups is 1. The van der Waals surface area contributed by atoms with Gasteiger partial charge in [-0.1, -0.05) is 0 Å². The van der Waals surface area contributed by atoms with Crippen LogP contribution in [-0.2, 0) is 23.1 Å². The van der Waals surface area contributed by atoms with Crippen molar-refractivity contribution in [2.45, 2.75) is 39.3 Å². The third-order valence-electron chi connectivity index (χ3n) is 4.17. The number of carbonyl (C=O) groups excluding carboxylic acids is 1. The summed E-state index contributed by atoms with van der Waals surface area (Å²) in [7, 11) is -4.59. The molecule has 0 unspecified atom stereocenters. The summed E-state index contributed by atoms with van der Waals surface area (Å²) < 4.78 is 56.2. The van der Waals surface area contributed by atoms with Crippen LogP contribution in [0.3, 0.4) is 0 Å². The fourth-order valence-electron chi connectivity index (χ4n) is 3.13. The molecule has 21 heavy (non-hydrogen) atoms. The minimum atomic E-state index is -4.59. The molecule has 0 heterocycles. The van der Waals surface area contributed by atoms with E-state index in [4.69, 9.17) is 13.8 Å². The van der Waals surface area contributed by atoms with Crippen molar-refractivity contribution < 1.29 is 31.9 Å².